The molecule has 0 aliphatic carbocycles. The highest BCUT2D eigenvalue weighted by Crippen LogP contribution is 2.28. The van der Waals surface area contributed by atoms with E-state index < -0.39 is 0 Å². The third-order valence-electron chi connectivity index (χ3n) is 5.21. The maximum atomic E-state index is 6.01. The summed E-state index contributed by atoms with van der Waals surface area (Å²) in [6.45, 7) is 3.48. The first kappa shape index (κ1) is 16.3. The number of ether oxygens (including phenoxy) is 1. The molecule has 0 bridgehead atoms. The molecule has 0 amide bonds. The van der Waals surface area contributed by atoms with Crippen molar-refractivity contribution in [2.75, 3.05) is 26.7 Å². The normalized spacial score (nSPS) is 27.9. The minimum Gasteiger partial charge on any atom is -0.381 e. The van der Waals surface area contributed by atoms with Crippen LogP contribution in [0.4, 0.5) is 0 Å². The summed E-state index contributed by atoms with van der Waals surface area (Å²) >= 11 is 6.01. The van der Waals surface area contributed by atoms with Crippen LogP contribution in [0.2, 0.25) is 5.02 Å². The van der Waals surface area contributed by atoms with E-state index in [0.717, 1.165) is 43.4 Å². The molecule has 0 radical (unpaired) electrons. The van der Waals surface area contributed by atoms with E-state index >= 15 is 0 Å². The molecule has 3 nitrogen and oxygen atoms in total. The number of hydrogen-bond acceptors (Lipinski definition) is 3. The Labute approximate surface area is 139 Å². The minimum absolute atomic E-state index is 0.412. The second kappa shape index (κ2) is 7.78. The first-order chi connectivity index (χ1) is 10.8. The average molecular weight is 323 g/mol. The van der Waals surface area contributed by atoms with Crippen LogP contribution in [-0.4, -0.2) is 49.8 Å². The van der Waals surface area contributed by atoms with Crippen LogP contribution in [0.1, 0.15) is 31.2 Å². The number of rotatable bonds is 4. The summed E-state index contributed by atoms with van der Waals surface area (Å²) in [6.07, 6.45) is 6.36. The van der Waals surface area contributed by atoms with Crippen molar-refractivity contribution in [1.82, 2.24) is 10.2 Å². The average Bonchev–Trinajstić information content (AvgIpc) is 2.57. The highest BCUT2D eigenvalue weighted by molar-refractivity contribution is 6.30. The van der Waals surface area contributed by atoms with Gasteiger partial charge in [-0.3, -0.25) is 4.90 Å². The molecule has 1 aromatic carbocycles. The molecule has 3 rings (SSSR count). The van der Waals surface area contributed by atoms with Crippen molar-refractivity contribution < 1.29 is 4.74 Å². The molecule has 0 saturated carbocycles. The molecule has 4 heteroatoms. The second-order valence-corrected chi connectivity index (χ2v) is 7.02. The third-order valence-corrected chi connectivity index (χ3v) is 5.46. The molecule has 122 valence electrons. The lowest BCUT2D eigenvalue weighted by Gasteiger charge is -2.45. The van der Waals surface area contributed by atoms with E-state index in [4.69, 9.17) is 16.3 Å². The van der Waals surface area contributed by atoms with E-state index in [1.807, 2.05) is 19.2 Å². The summed E-state index contributed by atoms with van der Waals surface area (Å²) in [4.78, 5) is 2.75. The van der Waals surface area contributed by atoms with Crippen molar-refractivity contribution in [1.29, 1.82) is 0 Å². The van der Waals surface area contributed by atoms with Crippen LogP contribution < -0.4 is 5.32 Å². The topological polar surface area (TPSA) is 24.5 Å². The maximum absolute atomic E-state index is 6.01. The highest BCUT2D eigenvalue weighted by atomic mass is 35.5. The molecule has 2 fully saturated rings. The fraction of sp³-hybridized carbons (Fsp3) is 0.667. The monoisotopic (exact) mass is 322 g/mol. The van der Waals surface area contributed by atoms with Crippen LogP contribution in [0.5, 0.6) is 0 Å². The fourth-order valence-corrected chi connectivity index (χ4v) is 4.08. The quantitative estimate of drug-likeness (QED) is 0.922. The lowest BCUT2D eigenvalue weighted by atomic mass is 9.90. The van der Waals surface area contributed by atoms with Gasteiger partial charge in [0, 0.05) is 30.8 Å². The predicted octanol–water partition coefficient (Wildman–Crippen LogP) is 3.11. The van der Waals surface area contributed by atoms with Gasteiger partial charge in [0.05, 0.1) is 6.10 Å². The summed E-state index contributed by atoms with van der Waals surface area (Å²) in [5.41, 5.74) is 1.38. The SMILES string of the molecule is COC1CCN(C2CCNCC2)C(Cc2ccc(Cl)cc2)C1. The number of piperidine rings is 2. The van der Waals surface area contributed by atoms with Crippen LogP contribution in [0.25, 0.3) is 0 Å². The zero-order valence-electron chi connectivity index (χ0n) is 13.4. The van der Waals surface area contributed by atoms with Gasteiger partial charge in [-0.25, -0.2) is 0 Å². The Bertz CT molecular complexity index is 459. The van der Waals surface area contributed by atoms with Gasteiger partial charge in [0.25, 0.3) is 0 Å². The summed E-state index contributed by atoms with van der Waals surface area (Å²) in [5.74, 6) is 0. The van der Waals surface area contributed by atoms with Crippen LogP contribution in [0.15, 0.2) is 24.3 Å². The summed E-state index contributed by atoms with van der Waals surface area (Å²) < 4.78 is 5.65. The van der Waals surface area contributed by atoms with Gasteiger partial charge in [-0.05, 0) is 62.9 Å². The molecule has 22 heavy (non-hydrogen) atoms. The van der Waals surface area contributed by atoms with E-state index in [2.05, 4.69) is 22.3 Å². The zero-order valence-corrected chi connectivity index (χ0v) is 14.2. The molecule has 2 saturated heterocycles. The zero-order chi connectivity index (χ0) is 15.4. The van der Waals surface area contributed by atoms with Gasteiger partial charge in [-0.15, -0.1) is 0 Å². The number of likely N-dealkylation sites (tertiary alicyclic amines) is 1. The number of nitrogens with zero attached hydrogens (tertiary/aromatic N) is 1. The number of methoxy groups -OCH3 is 1. The van der Waals surface area contributed by atoms with Crippen molar-refractivity contribution in [3.05, 3.63) is 34.9 Å². The number of hydrogen-bond donors (Lipinski definition) is 1. The van der Waals surface area contributed by atoms with E-state index in [-0.39, 0.29) is 0 Å². The highest BCUT2D eigenvalue weighted by Gasteiger charge is 2.33. The van der Waals surface area contributed by atoms with Crippen molar-refractivity contribution in [3.63, 3.8) is 0 Å². The first-order valence-corrected chi connectivity index (χ1v) is 8.88. The molecule has 2 aliphatic heterocycles. The Morgan fingerprint density at radius 2 is 1.91 bits per heavy atom. The Balaban J connectivity index is 1.70. The molecular formula is C18H27ClN2O. The first-order valence-electron chi connectivity index (χ1n) is 8.50. The summed E-state index contributed by atoms with van der Waals surface area (Å²) in [7, 11) is 1.85. The molecule has 2 unspecified atom stereocenters. The third kappa shape index (κ3) is 4.02. The summed E-state index contributed by atoms with van der Waals surface area (Å²) in [6, 6.07) is 9.66. The van der Waals surface area contributed by atoms with Gasteiger partial charge in [0.2, 0.25) is 0 Å². The van der Waals surface area contributed by atoms with E-state index in [0.29, 0.717) is 12.1 Å². The Hall–Kier alpha value is -0.610. The summed E-state index contributed by atoms with van der Waals surface area (Å²) in [5, 5.41) is 4.30. The Morgan fingerprint density at radius 1 is 1.18 bits per heavy atom. The molecule has 2 heterocycles. The molecule has 0 spiro atoms. The van der Waals surface area contributed by atoms with E-state index in [1.54, 1.807) is 0 Å². The molecular weight excluding hydrogens is 296 g/mol. The number of halogens is 1. The minimum atomic E-state index is 0.412. The Morgan fingerprint density at radius 3 is 2.59 bits per heavy atom. The molecule has 0 aromatic heterocycles. The smallest absolute Gasteiger partial charge is 0.0598 e. The Kier molecular flexibility index (Phi) is 5.75. The van der Waals surface area contributed by atoms with Gasteiger partial charge in [0.1, 0.15) is 0 Å². The van der Waals surface area contributed by atoms with Gasteiger partial charge < -0.3 is 10.1 Å². The van der Waals surface area contributed by atoms with Crippen molar-refractivity contribution in [2.45, 2.75) is 50.3 Å². The lowest BCUT2D eigenvalue weighted by molar-refractivity contribution is -0.0121. The maximum Gasteiger partial charge on any atom is 0.0598 e. The van der Waals surface area contributed by atoms with Gasteiger partial charge in [0.15, 0.2) is 0 Å². The second-order valence-electron chi connectivity index (χ2n) is 6.59. The van der Waals surface area contributed by atoms with Crippen LogP contribution >= 0.6 is 11.6 Å². The van der Waals surface area contributed by atoms with Crippen LogP contribution in [0.3, 0.4) is 0 Å². The van der Waals surface area contributed by atoms with Crippen LogP contribution in [-0.2, 0) is 11.2 Å². The fourth-order valence-electron chi connectivity index (χ4n) is 3.96. The standard InChI is InChI=1S/C18H27ClN2O/c1-22-18-8-11-21(16-6-9-20-10-7-16)17(13-18)12-14-2-4-15(19)5-3-14/h2-5,16-18,20H,6-13H2,1H3. The van der Waals surface area contributed by atoms with Crippen LogP contribution in [0, 0.1) is 0 Å². The molecule has 1 N–H and O–H groups in total. The largest absolute Gasteiger partial charge is 0.381 e. The molecule has 1 aromatic rings. The number of benzene rings is 1. The van der Waals surface area contributed by atoms with Gasteiger partial charge >= 0.3 is 0 Å². The van der Waals surface area contributed by atoms with Crippen molar-refractivity contribution in [2.24, 2.45) is 0 Å². The molecule has 2 atom stereocenters. The van der Waals surface area contributed by atoms with E-state index in [9.17, 15) is 0 Å². The molecule has 2 aliphatic rings. The van der Waals surface area contributed by atoms with E-state index in [1.165, 1.54) is 24.9 Å². The predicted molar refractivity (Wildman–Crippen MR) is 91.6 cm³/mol. The van der Waals surface area contributed by atoms with Gasteiger partial charge in [-0.2, -0.15) is 0 Å². The number of nitrogens with one attached hydrogen (secondary N) is 1. The van der Waals surface area contributed by atoms with Gasteiger partial charge in [-0.1, -0.05) is 23.7 Å². The lowest BCUT2D eigenvalue weighted by Crippen LogP contribution is -2.53. The van der Waals surface area contributed by atoms with Crippen molar-refractivity contribution in [3.8, 4) is 0 Å². The van der Waals surface area contributed by atoms with Crippen molar-refractivity contribution >= 4 is 11.6 Å².